The van der Waals surface area contributed by atoms with Gasteiger partial charge < -0.3 is 4.43 Å². The standard InChI is InChI=1S/C16H31NO3SSi/c1-8-11-16(14-20-22(6,7)15(3,4)5)12-10-13-17(16)21(18,19)9-2/h8-9H,1-2,10-14H2,3-7H3/t16-/m0/s1. The summed E-state index contributed by atoms with van der Waals surface area (Å²) in [6, 6.07) is 0. The Kier molecular flexibility index (Phi) is 5.88. The van der Waals surface area contributed by atoms with E-state index in [1.165, 1.54) is 0 Å². The molecule has 0 amide bonds. The predicted octanol–water partition coefficient (Wildman–Crippen LogP) is 3.89. The molecule has 0 aromatic carbocycles. The lowest BCUT2D eigenvalue weighted by molar-refractivity contribution is 0.129. The van der Waals surface area contributed by atoms with Crippen molar-refractivity contribution in [3.63, 3.8) is 0 Å². The van der Waals surface area contributed by atoms with Gasteiger partial charge in [0.1, 0.15) is 0 Å². The summed E-state index contributed by atoms with van der Waals surface area (Å²) in [5, 5.41) is 1.14. The van der Waals surface area contributed by atoms with Crippen molar-refractivity contribution in [2.75, 3.05) is 13.2 Å². The lowest BCUT2D eigenvalue weighted by atomic mass is 9.94. The molecule has 0 aliphatic carbocycles. The molecule has 0 unspecified atom stereocenters. The van der Waals surface area contributed by atoms with Crippen LogP contribution in [0.5, 0.6) is 0 Å². The van der Waals surface area contributed by atoms with Crippen LogP contribution >= 0.6 is 0 Å². The minimum atomic E-state index is -3.45. The van der Waals surface area contributed by atoms with Crippen LogP contribution in [0.15, 0.2) is 24.6 Å². The zero-order chi connectivity index (χ0) is 17.2. The Hall–Kier alpha value is -0.433. The van der Waals surface area contributed by atoms with Gasteiger partial charge in [-0.2, -0.15) is 4.31 Å². The fourth-order valence-electron chi connectivity index (χ4n) is 2.61. The highest BCUT2D eigenvalue weighted by molar-refractivity contribution is 7.92. The van der Waals surface area contributed by atoms with E-state index in [1.54, 1.807) is 10.4 Å². The van der Waals surface area contributed by atoms with E-state index in [4.69, 9.17) is 4.43 Å². The fraction of sp³-hybridized carbons (Fsp3) is 0.750. The van der Waals surface area contributed by atoms with Crippen molar-refractivity contribution < 1.29 is 12.8 Å². The maximum atomic E-state index is 12.3. The van der Waals surface area contributed by atoms with E-state index >= 15 is 0 Å². The van der Waals surface area contributed by atoms with Crippen LogP contribution in [-0.2, 0) is 14.4 Å². The van der Waals surface area contributed by atoms with Crippen LogP contribution in [0.1, 0.15) is 40.0 Å². The van der Waals surface area contributed by atoms with Crippen LogP contribution in [0, 0.1) is 0 Å². The molecule has 0 bridgehead atoms. The van der Waals surface area contributed by atoms with Gasteiger partial charge in [-0.3, -0.25) is 0 Å². The summed E-state index contributed by atoms with van der Waals surface area (Å²) in [6.07, 6.45) is 4.06. The Morgan fingerprint density at radius 3 is 2.36 bits per heavy atom. The minimum absolute atomic E-state index is 0.100. The summed E-state index contributed by atoms with van der Waals surface area (Å²) in [6.45, 7) is 19.2. The van der Waals surface area contributed by atoms with E-state index in [2.05, 4.69) is 47.0 Å². The van der Waals surface area contributed by atoms with Crippen molar-refractivity contribution in [1.29, 1.82) is 0 Å². The maximum Gasteiger partial charge on any atom is 0.236 e. The zero-order valence-corrected chi connectivity index (χ0v) is 16.5. The average Bonchev–Trinajstić information content (AvgIpc) is 2.81. The van der Waals surface area contributed by atoms with Crippen LogP contribution in [0.3, 0.4) is 0 Å². The Balaban J connectivity index is 3.07. The van der Waals surface area contributed by atoms with Crippen molar-refractivity contribution in [3.8, 4) is 0 Å². The van der Waals surface area contributed by atoms with E-state index in [1.807, 2.05) is 0 Å². The molecule has 1 rings (SSSR count). The summed E-state index contributed by atoms with van der Waals surface area (Å²) < 4.78 is 32.6. The third-order valence-electron chi connectivity index (χ3n) is 5.08. The van der Waals surface area contributed by atoms with Gasteiger partial charge in [0.15, 0.2) is 8.32 Å². The summed E-state index contributed by atoms with van der Waals surface area (Å²) in [5.41, 5.74) is -0.510. The van der Waals surface area contributed by atoms with Crippen LogP contribution in [0.25, 0.3) is 0 Å². The van der Waals surface area contributed by atoms with Gasteiger partial charge in [-0.05, 0) is 37.4 Å². The van der Waals surface area contributed by atoms with E-state index in [-0.39, 0.29) is 5.04 Å². The summed E-state index contributed by atoms with van der Waals surface area (Å²) >= 11 is 0. The first-order valence-electron chi connectivity index (χ1n) is 7.82. The highest BCUT2D eigenvalue weighted by atomic mass is 32.2. The highest BCUT2D eigenvalue weighted by Gasteiger charge is 2.48. The SMILES string of the molecule is C=CC[C@@]1(CO[Si](C)(C)C(C)(C)C)CCCN1S(=O)(=O)C=C. The summed E-state index contributed by atoms with van der Waals surface area (Å²) in [7, 11) is -5.37. The first kappa shape index (κ1) is 19.6. The molecule has 1 aliphatic heterocycles. The van der Waals surface area contributed by atoms with Crippen molar-refractivity contribution >= 4 is 18.3 Å². The Labute approximate surface area is 137 Å². The van der Waals surface area contributed by atoms with Crippen LogP contribution in [-0.4, -0.2) is 39.7 Å². The van der Waals surface area contributed by atoms with Gasteiger partial charge in [0.05, 0.1) is 12.1 Å². The van der Waals surface area contributed by atoms with Gasteiger partial charge >= 0.3 is 0 Å². The second-order valence-corrected chi connectivity index (χ2v) is 14.3. The molecule has 22 heavy (non-hydrogen) atoms. The van der Waals surface area contributed by atoms with Gasteiger partial charge in [0.25, 0.3) is 0 Å². The molecule has 0 saturated carbocycles. The fourth-order valence-corrected chi connectivity index (χ4v) is 4.99. The first-order valence-corrected chi connectivity index (χ1v) is 12.2. The molecule has 0 aromatic heterocycles. The predicted molar refractivity (Wildman–Crippen MR) is 95.8 cm³/mol. The number of rotatable bonds is 7. The van der Waals surface area contributed by atoms with Crippen molar-refractivity contribution in [1.82, 2.24) is 4.31 Å². The van der Waals surface area contributed by atoms with E-state index < -0.39 is 23.9 Å². The van der Waals surface area contributed by atoms with Crippen molar-refractivity contribution in [3.05, 3.63) is 24.6 Å². The second-order valence-electron chi connectivity index (χ2n) is 7.65. The molecular formula is C16H31NO3SSi. The summed E-state index contributed by atoms with van der Waals surface area (Å²) in [5.74, 6) is 0. The molecule has 0 radical (unpaired) electrons. The van der Waals surface area contributed by atoms with Gasteiger partial charge in [0.2, 0.25) is 10.0 Å². The topological polar surface area (TPSA) is 46.6 Å². The molecule has 0 N–H and O–H groups in total. The van der Waals surface area contributed by atoms with Gasteiger partial charge in [-0.1, -0.05) is 33.4 Å². The van der Waals surface area contributed by atoms with E-state index in [0.717, 1.165) is 18.2 Å². The molecule has 1 fully saturated rings. The molecule has 0 spiro atoms. The zero-order valence-electron chi connectivity index (χ0n) is 14.7. The van der Waals surface area contributed by atoms with Crippen LogP contribution < -0.4 is 0 Å². The Morgan fingerprint density at radius 1 is 1.32 bits per heavy atom. The van der Waals surface area contributed by atoms with Crippen molar-refractivity contribution in [2.45, 2.75) is 63.7 Å². The molecule has 128 valence electrons. The minimum Gasteiger partial charge on any atom is -0.415 e. The number of sulfonamides is 1. The second kappa shape index (κ2) is 6.59. The maximum absolute atomic E-state index is 12.3. The number of nitrogens with zero attached hydrogens (tertiary/aromatic N) is 1. The molecule has 6 heteroatoms. The first-order chi connectivity index (χ1) is 9.92. The normalized spacial score (nSPS) is 24.4. The van der Waals surface area contributed by atoms with Crippen LogP contribution in [0.4, 0.5) is 0 Å². The molecular weight excluding hydrogens is 314 g/mol. The molecule has 1 aliphatic rings. The largest absolute Gasteiger partial charge is 0.415 e. The van der Waals surface area contributed by atoms with Gasteiger partial charge in [-0.25, -0.2) is 8.42 Å². The highest BCUT2D eigenvalue weighted by Crippen LogP contribution is 2.41. The van der Waals surface area contributed by atoms with Crippen LogP contribution in [0.2, 0.25) is 18.1 Å². The summed E-state index contributed by atoms with van der Waals surface area (Å²) in [4.78, 5) is 0. The smallest absolute Gasteiger partial charge is 0.236 e. The number of hydrogen-bond acceptors (Lipinski definition) is 3. The van der Waals surface area contributed by atoms with Gasteiger partial charge in [0, 0.05) is 12.0 Å². The average molecular weight is 346 g/mol. The third-order valence-corrected chi connectivity index (χ3v) is 11.2. The molecule has 0 aromatic rings. The molecule has 1 saturated heterocycles. The Morgan fingerprint density at radius 2 is 1.91 bits per heavy atom. The molecule has 1 heterocycles. The quantitative estimate of drug-likeness (QED) is 0.519. The van der Waals surface area contributed by atoms with E-state index in [0.29, 0.717) is 19.6 Å². The lowest BCUT2D eigenvalue weighted by Crippen LogP contribution is -2.53. The molecule has 4 nitrogen and oxygen atoms in total. The Bertz CT molecular complexity index is 522. The van der Waals surface area contributed by atoms with Gasteiger partial charge in [-0.15, -0.1) is 6.58 Å². The molecule has 1 atom stereocenters. The van der Waals surface area contributed by atoms with Crippen molar-refractivity contribution in [2.24, 2.45) is 0 Å². The third kappa shape index (κ3) is 3.90. The monoisotopic (exact) mass is 345 g/mol. The lowest BCUT2D eigenvalue weighted by Gasteiger charge is -2.42. The van der Waals surface area contributed by atoms with E-state index in [9.17, 15) is 8.42 Å². The number of hydrogen-bond donors (Lipinski definition) is 0.